The molecule has 1 aliphatic rings. The average Bonchev–Trinajstić information content (AvgIpc) is 2.91. The van der Waals surface area contributed by atoms with Crippen molar-refractivity contribution in [2.45, 2.75) is 18.4 Å². The molecular weight excluding hydrogens is 296 g/mol. The molecule has 0 aliphatic heterocycles. The van der Waals surface area contributed by atoms with Crippen molar-refractivity contribution in [3.8, 4) is 0 Å². The number of nitrogens with zero attached hydrogens (tertiary/aromatic N) is 1. The van der Waals surface area contributed by atoms with Gasteiger partial charge in [0.05, 0.1) is 5.54 Å². The molecule has 72 valence electrons. The van der Waals surface area contributed by atoms with Gasteiger partial charge in [-0.25, -0.2) is 9.18 Å². The average molecular weight is 303 g/mol. The molecule has 1 aliphatic carbocycles. The van der Waals surface area contributed by atoms with E-state index in [1.807, 2.05) is 28.7 Å². The van der Waals surface area contributed by atoms with Gasteiger partial charge in [-0.15, -0.1) is 0 Å². The van der Waals surface area contributed by atoms with Gasteiger partial charge in [0, 0.05) is 3.57 Å². The van der Waals surface area contributed by atoms with E-state index < -0.39 is 5.54 Å². The lowest BCUT2D eigenvalue weighted by molar-refractivity contribution is 0.555. The Bertz CT molecular complexity index is 422. The summed E-state index contributed by atoms with van der Waals surface area (Å²) >= 11 is 1.93. The van der Waals surface area contributed by atoms with E-state index in [1.165, 1.54) is 6.07 Å². The maximum atomic E-state index is 13.2. The summed E-state index contributed by atoms with van der Waals surface area (Å²) in [5, 5.41) is 0. The summed E-state index contributed by atoms with van der Waals surface area (Å²) in [6.07, 6.45) is 3.17. The molecule has 1 fully saturated rings. The van der Waals surface area contributed by atoms with E-state index in [2.05, 4.69) is 4.99 Å². The van der Waals surface area contributed by atoms with E-state index in [0.717, 1.165) is 18.4 Å². The Morgan fingerprint density at radius 2 is 2.21 bits per heavy atom. The molecule has 2 rings (SSSR count). The summed E-state index contributed by atoms with van der Waals surface area (Å²) in [7, 11) is 0. The molecule has 0 saturated heterocycles. The second kappa shape index (κ2) is 3.44. The van der Waals surface area contributed by atoms with Crippen LogP contribution in [0.5, 0.6) is 0 Å². The molecular formula is C10H7FINO. The largest absolute Gasteiger partial charge is 0.235 e. The van der Waals surface area contributed by atoms with E-state index in [0.29, 0.717) is 3.57 Å². The lowest BCUT2D eigenvalue weighted by Gasteiger charge is -2.08. The van der Waals surface area contributed by atoms with Crippen molar-refractivity contribution >= 4 is 28.7 Å². The minimum absolute atomic E-state index is 0.254. The minimum Gasteiger partial charge on any atom is -0.211 e. The maximum absolute atomic E-state index is 13.2. The Kier molecular flexibility index (Phi) is 2.41. The topological polar surface area (TPSA) is 29.4 Å². The summed E-state index contributed by atoms with van der Waals surface area (Å²) in [5.41, 5.74) is 0.311. The van der Waals surface area contributed by atoms with Gasteiger partial charge in [0.2, 0.25) is 6.08 Å². The van der Waals surface area contributed by atoms with Gasteiger partial charge in [0.25, 0.3) is 0 Å². The number of hydrogen-bond donors (Lipinski definition) is 0. The molecule has 0 aromatic heterocycles. The minimum atomic E-state index is -0.465. The second-order valence-corrected chi connectivity index (χ2v) is 4.53. The van der Waals surface area contributed by atoms with Crippen molar-refractivity contribution in [1.82, 2.24) is 0 Å². The fourth-order valence-corrected chi connectivity index (χ4v) is 1.79. The van der Waals surface area contributed by atoms with Crippen LogP contribution in [-0.4, -0.2) is 6.08 Å². The number of rotatable bonds is 2. The van der Waals surface area contributed by atoms with Crippen molar-refractivity contribution in [2.75, 3.05) is 0 Å². The standard InChI is InChI=1S/C10H7FINO/c11-8-5-7(1-2-9(8)12)10(3-4-10)13-6-14/h1-2,5H,3-4H2. The highest BCUT2D eigenvalue weighted by atomic mass is 127. The summed E-state index contributed by atoms with van der Waals surface area (Å²) in [5.74, 6) is -0.254. The monoisotopic (exact) mass is 303 g/mol. The molecule has 0 bridgehead atoms. The lowest BCUT2D eigenvalue weighted by Crippen LogP contribution is -2.03. The Hall–Kier alpha value is -0.740. The van der Waals surface area contributed by atoms with Gasteiger partial charge < -0.3 is 0 Å². The van der Waals surface area contributed by atoms with Crippen LogP contribution in [0.1, 0.15) is 18.4 Å². The fourth-order valence-electron chi connectivity index (χ4n) is 1.46. The van der Waals surface area contributed by atoms with Crippen molar-refractivity contribution < 1.29 is 9.18 Å². The SMILES string of the molecule is O=C=NC1(c2ccc(I)c(F)c2)CC1. The molecule has 14 heavy (non-hydrogen) atoms. The van der Waals surface area contributed by atoms with Crippen LogP contribution in [0.4, 0.5) is 4.39 Å². The number of halogens is 2. The first-order valence-corrected chi connectivity index (χ1v) is 5.30. The Balaban J connectivity index is 2.42. The highest BCUT2D eigenvalue weighted by molar-refractivity contribution is 14.1. The third-order valence-corrected chi connectivity index (χ3v) is 3.32. The number of isocyanates is 1. The molecule has 1 aromatic rings. The van der Waals surface area contributed by atoms with Gasteiger partial charge in [-0.05, 0) is 53.1 Å². The van der Waals surface area contributed by atoms with Crippen molar-refractivity contribution in [3.05, 3.63) is 33.1 Å². The zero-order chi connectivity index (χ0) is 10.2. The summed E-state index contributed by atoms with van der Waals surface area (Å²) in [6, 6.07) is 4.97. The summed E-state index contributed by atoms with van der Waals surface area (Å²) in [4.78, 5) is 13.9. The van der Waals surface area contributed by atoms with E-state index in [-0.39, 0.29) is 5.82 Å². The molecule has 0 radical (unpaired) electrons. The van der Waals surface area contributed by atoms with Crippen LogP contribution in [0.3, 0.4) is 0 Å². The predicted molar refractivity (Wildman–Crippen MR) is 58.2 cm³/mol. The zero-order valence-electron chi connectivity index (χ0n) is 7.26. The molecule has 0 atom stereocenters. The van der Waals surface area contributed by atoms with Crippen LogP contribution in [0.15, 0.2) is 23.2 Å². The van der Waals surface area contributed by atoms with Gasteiger partial charge in [-0.1, -0.05) is 6.07 Å². The van der Waals surface area contributed by atoms with Gasteiger partial charge in [0.1, 0.15) is 5.82 Å². The first kappa shape index (κ1) is 9.80. The smallest absolute Gasteiger partial charge is 0.211 e. The summed E-state index contributed by atoms with van der Waals surface area (Å²) in [6.45, 7) is 0. The fraction of sp³-hybridized carbons (Fsp3) is 0.300. The third kappa shape index (κ3) is 1.60. The van der Waals surface area contributed by atoms with Gasteiger partial charge in [-0.2, -0.15) is 4.99 Å². The lowest BCUT2D eigenvalue weighted by atomic mass is 10.1. The molecule has 1 aromatic carbocycles. The van der Waals surface area contributed by atoms with Crippen LogP contribution in [-0.2, 0) is 10.3 Å². The van der Waals surface area contributed by atoms with Gasteiger partial charge >= 0.3 is 0 Å². The molecule has 4 heteroatoms. The van der Waals surface area contributed by atoms with E-state index in [4.69, 9.17) is 0 Å². The number of aliphatic imine (C=N–C) groups is 1. The van der Waals surface area contributed by atoms with Crippen molar-refractivity contribution in [1.29, 1.82) is 0 Å². The van der Waals surface area contributed by atoms with E-state index in [9.17, 15) is 9.18 Å². The molecule has 0 amide bonds. The van der Waals surface area contributed by atoms with E-state index in [1.54, 1.807) is 12.1 Å². The Morgan fingerprint density at radius 3 is 2.71 bits per heavy atom. The molecule has 0 heterocycles. The third-order valence-electron chi connectivity index (χ3n) is 2.44. The Labute approximate surface area is 94.4 Å². The van der Waals surface area contributed by atoms with Crippen LogP contribution < -0.4 is 0 Å². The van der Waals surface area contributed by atoms with E-state index >= 15 is 0 Å². The molecule has 0 spiro atoms. The predicted octanol–water partition coefficient (Wildman–Crippen LogP) is 2.76. The van der Waals surface area contributed by atoms with Crippen molar-refractivity contribution in [3.63, 3.8) is 0 Å². The van der Waals surface area contributed by atoms with Gasteiger partial charge in [0.15, 0.2) is 0 Å². The quantitative estimate of drug-likeness (QED) is 0.469. The van der Waals surface area contributed by atoms with Crippen LogP contribution >= 0.6 is 22.6 Å². The van der Waals surface area contributed by atoms with Crippen LogP contribution in [0.25, 0.3) is 0 Å². The molecule has 1 saturated carbocycles. The van der Waals surface area contributed by atoms with Gasteiger partial charge in [-0.3, -0.25) is 0 Å². The second-order valence-electron chi connectivity index (χ2n) is 3.36. The number of hydrogen-bond acceptors (Lipinski definition) is 2. The highest BCUT2D eigenvalue weighted by Crippen LogP contribution is 2.49. The first-order valence-electron chi connectivity index (χ1n) is 4.22. The molecule has 0 unspecified atom stereocenters. The Morgan fingerprint density at radius 1 is 1.50 bits per heavy atom. The number of benzene rings is 1. The number of carbonyl (C=O) groups excluding carboxylic acids is 1. The van der Waals surface area contributed by atoms with Crippen molar-refractivity contribution in [2.24, 2.45) is 4.99 Å². The first-order chi connectivity index (χ1) is 6.68. The van der Waals surface area contributed by atoms with Crippen LogP contribution in [0.2, 0.25) is 0 Å². The highest BCUT2D eigenvalue weighted by Gasteiger charge is 2.45. The van der Waals surface area contributed by atoms with Crippen LogP contribution in [0, 0.1) is 9.39 Å². The summed E-state index contributed by atoms with van der Waals surface area (Å²) < 4.78 is 13.8. The maximum Gasteiger partial charge on any atom is 0.235 e. The zero-order valence-corrected chi connectivity index (χ0v) is 9.42. The normalized spacial score (nSPS) is 17.3. The molecule has 0 N–H and O–H groups in total. The molecule has 2 nitrogen and oxygen atoms in total.